The molecule has 3 nitrogen and oxygen atoms in total. The van der Waals surface area contributed by atoms with Gasteiger partial charge in [-0.25, -0.2) is 4.79 Å². The molecule has 0 amide bonds. The van der Waals surface area contributed by atoms with Gasteiger partial charge in [0.05, 0.1) is 12.7 Å². The van der Waals surface area contributed by atoms with Crippen molar-refractivity contribution in [1.29, 1.82) is 0 Å². The fourth-order valence-corrected chi connectivity index (χ4v) is 3.10. The van der Waals surface area contributed by atoms with E-state index < -0.39 is 0 Å². The van der Waals surface area contributed by atoms with Crippen molar-refractivity contribution in [1.82, 2.24) is 4.57 Å². The van der Waals surface area contributed by atoms with Gasteiger partial charge >= 0.3 is 5.97 Å². The molecular weight excluding hydrogens is 306 g/mol. The number of hydrogen-bond donors (Lipinski definition) is 0. The number of halogens is 1. The molecule has 0 spiro atoms. The van der Waals surface area contributed by atoms with Gasteiger partial charge in [-0.2, -0.15) is 0 Å². The SMILES string of the molecule is COC(=O)c1cc(Br)cc2c1ccn2CC1CCC1. The van der Waals surface area contributed by atoms with E-state index in [2.05, 4.69) is 32.8 Å². The molecule has 3 rings (SSSR count). The number of fused-ring (bicyclic) bond motifs is 1. The van der Waals surface area contributed by atoms with E-state index in [4.69, 9.17) is 4.74 Å². The average molecular weight is 322 g/mol. The van der Waals surface area contributed by atoms with Gasteiger partial charge in [0.15, 0.2) is 0 Å². The minimum Gasteiger partial charge on any atom is -0.465 e. The first-order valence-corrected chi connectivity index (χ1v) is 7.35. The van der Waals surface area contributed by atoms with Gasteiger partial charge in [0.2, 0.25) is 0 Å². The fourth-order valence-electron chi connectivity index (χ4n) is 2.65. The summed E-state index contributed by atoms with van der Waals surface area (Å²) in [4.78, 5) is 11.8. The summed E-state index contributed by atoms with van der Waals surface area (Å²) < 4.78 is 8.01. The number of rotatable bonds is 3. The van der Waals surface area contributed by atoms with Crippen LogP contribution < -0.4 is 0 Å². The van der Waals surface area contributed by atoms with Gasteiger partial charge in [-0.1, -0.05) is 22.4 Å². The summed E-state index contributed by atoms with van der Waals surface area (Å²) in [5.41, 5.74) is 1.72. The molecule has 0 N–H and O–H groups in total. The minimum atomic E-state index is -0.285. The highest BCUT2D eigenvalue weighted by atomic mass is 79.9. The number of ether oxygens (including phenoxy) is 1. The lowest BCUT2D eigenvalue weighted by atomic mass is 9.85. The Labute approximate surface area is 120 Å². The molecule has 1 saturated carbocycles. The van der Waals surface area contributed by atoms with Gasteiger partial charge in [-0.05, 0) is 37.0 Å². The Morgan fingerprint density at radius 1 is 1.47 bits per heavy atom. The molecule has 2 aromatic rings. The molecule has 1 heterocycles. The van der Waals surface area contributed by atoms with E-state index in [-0.39, 0.29) is 5.97 Å². The summed E-state index contributed by atoms with van der Waals surface area (Å²) in [5.74, 6) is 0.504. The van der Waals surface area contributed by atoms with Crippen LogP contribution in [-0.2, 0) is 11.3 Å². The normalized spacial score (nSPS) is 15.5. The molecule has 1 fully saturated rings. The second-order valence-electron chi connectivity index (χ2n) is 5.14. The number of aromatic nitrogens is 1. The van der Waals surface area contributed by atoms with Crippen LogP contribution in [-0.4, -0.2) is 17.6 Å². The molecule has 4 heteroatoms. The molecule has 0 unspecified atom stereocenters. The maximum atomic E-state index is 11.8. The molecule has 0 bridgehead atoms. The van der Waals surface area contributed by atoms with Gasteiger partial charge in [-0.15, -0.1) is 0 Å². The summed E-state index contributed by atoms with van der Waals surface area (Å²) >= 11 is 3.48. The monoisotopic (exact) mass is 321 g/mol. The zero-order valence-corrected chi connectivity index (χ0v) is 12.4. The smallest absolute Gasteiger partial charge is 0.338 e. The molecule has 0 atom stereocenters. The van der Waals surface area contributed by atoms with Crippen LogP contribution in [0.4, 0.5) is 0 Å². The van der Waals surface area contributed by atoms with Gasteiger partial charge in [0.25, 0.3) is 0 Å². The highest BCUT2D eigenvalue weighted by molar-refractivity contribution is 9.10. The maximum absolute atomic E-state index is 11.8. The van der Waals surface area contributed by atoms with E-state index >= 15 is 0 Å². The first-order chi connectivity index (χ1) is 9.19. The van der Waals surface area contributed by atoms with E-state index in [0.29, 0.717) is 5.56 Å². The van der Waals surface area contributed by atoms with Crippen LogP contribution in [0.1, 0.15) is 29.6 Å². The van der Waals surface area contributed by atoms with E-state index in [9.17, 15) is 4.79 Å². The first-order valence-electron chi connectivity index (χ1n) is 6.55. The molecule has 1 aromatic heterocycles. The Morgan fingerprint density at radius 2 is 2.26 bits per heavy atom. The maximum Gasteiger partial charge on any atom is 0.338 e. The Bertz CT molecular complexity index is 628. The molecule has 1 aromatic carbocycles. The van der Waals surface area contributed by atoms with Crippen LogP contribution >= 0.6 is 15.9 Å². The molecule has 1 aliphatic rings. The average Bonchev–Trinajstić information content (AvgIpc) is 2.75. The van der Waals surface area contributed by atoms with Crippen LogP contribution in [0.15, 0.2) is 28.9 Å². The zero-order chi connectivity index (χ0) is 13.4. The lowest BCUT2D eigenvalue weighted by Crippen LogP contribution is -2.17. The van der Waals surface area contributed by atoms with Gasteiger partial charge in [0, 0.05) is 28.1 Å². The molecule has 0 saturated heterocycles. The summed E-state index contributed by atoms with van der Waals surface area (Å²) in [5, 5.41) is 0.967. The van der Waals surface area contributed by atoms with Crippen molar-refractivity contribution in [3.05, 3.63) is 34.4 Å². The zero-order valence-electron chi connectivity index (χ0n) is 10.9. The summed E-state index contributed by atoms with van der Waals surface area (Å²) in [6.45, 7) is 1.04. The van der Waals surface area contributed by atoms with Crippen molar-refractivity contribution in [3.8, 4) is 0 Å². The van der Waals surface area contributed by atoms with Gasteiger partial charge < -0.3 is 9.30 Å². The summed E-state index contributed by atoms with van der Waals surface area (Å²) in [6.07, 6.45) is 6.05. The van der Waals surface area contributed by atoms with Crippen molar-refractivity contribution in [2.24, 2.45) is 5.92 Å². The Hall–Kier alpha value is -1.29. The number of nitrogens with zero attached hydrogens (tertiary/aromatic N) is 1. The highest BCUT2D eigenvalue weighted by Gasteiger charge is 2.20. The molecule has 19 heavy (non-hydrogen) atoms. The van der Waals surface area contributed by atoms with E-state index in [1.54, 1.807) is 0 Å². The second-order valence-corrected chi connectivity index (χ2v) is 6.06. The van der Waals surface area contributed by atoms with Crippen LogP contribution in [0.5, 0.6) is 0 Å². The van der Waals surface area contributed by atoms with Crippen molar-refractivity contribution in [2.75, 3.05) is 7.11 Å². The fraction of sp³-hybridized carbons (Fsp3) is 0.400. The summed E-state index contributed by atoms with van der Waals surface area (Å²) in [6, 6.07) is 5.90. The molecule has 0 aliphatic heterocycles. The van der Waals surface area contributed by atoms with Gasteiger partial charge in [-0.3, -0.25) is 0 Å². The quantitative estimate of drug-likeness (QED) is 0.800. The van der Waals surface area contributed by atoms with Crippen molar-refractivity contribution in [3.63, 3.8) is 0 Å². The van der Waals surface area contributed by atoms with E-state index in [1.807, 2.05) is 12.1 Å². The van der Waals surface area contributed by atoms with Gasteiger partial charge in [0.1, 0.15) is 0 Å². The van der Waals surface area contributed by atoms with E-state index in [1.165, 1.54) is 26.4 Å². The predicted octanol–water partition coefficient (Wildman–Crippen LogP) is 3.99. The Morgan fingerprint density at radius 3 is 2.89 bits per heavy atom. The number of carbonyl (C=O) groups is 1. The number of carbonyl (C=O) groups excluding carboxylic acids is 1. The van der Waals surface area contributed by atoms with Crippen LogP contribution in [0.2, 0.25) is 0 Å². The minimum absolute atomic E-state index is 0.285. The molecule has 1 aliphatic carbocycles. The Balaban J connectivity index is 2.06. The number of esters is 1. The third-order valence-corrected chi connectivity index (χ3v) is 4.40. The Kier molecular flexibility index (Phi) is 3.35. The highest BCUT2D eigenvalue weighted by Crippen LogP contribution is 2.31. The van der Waals surface area contributed by atoms with E-state index in [0.717, 1.165) is 27.8 Å². The van der Waals surface area contributed by atoms with Crippen LogP contribution in [0.3, 0.4) is 0 Å². The van der Waals surface area contributed by atoms with Crippen LogP contribution in [0.25, 0.3) is 10.9 Å². The van der Waals surface area contributed by atoms with Crippen molar-refractivity contribution in [2.45, 2.75) is 25.8 Å². The third kappa shape index (κ3) is 2.29. The lowest BCUT2D eigenvalue weighted by molar-refractivity contribution is 0.0603. The molecule has 100 valence electrons. The third-order valence-electron chi connectivity index (χ3n) is 3.94. The van der Waals surface area contributed by atoms with Crippen molar-refractivity contribution < 1.29 is 9.53 Å². The second kappa shape index (κ2) is 5.00. The topological polar surface area (TPSA) is 31.2 Å². The van der Waals surface area contributed by atoms with Crippen LogP contribution in [0, 0.1) is 5.92 Å². The standard InChI is InChI=1S/C15H16BrNO2/c1-19-15(18)13-7-11(16)8-14-12(13)5-6-17(14)9-10-3-2-4-10/h5-8,10H,2-4,9H2,1H3. The number of methoxy groups -OCH3 is 1. The first kappa shape index (κ1) is 12.7. The largest absolute Gasteiger partial charge is 0.465 e. The summed E-state index contributed by atoms with van der Waals surface area (Å²) in [7, 11) is 1.42. The molecular formula is C15H16BrNO2. The number of benzene rings is 1. The lowest BCUT2D eigenvalue weighted by Gasteiger charge is -2.26. The van der Waals surface area contributed by atoms with Crippen molar-refractivity contribution >= 4 is 32.8 Å². The predicted molar refractivity (Wildman–Crippen MR) is 78.3 cm³/mol. The number of hydrogen-bond acceptors (Lipinski definition) is 2. The molecule has 0 radical (unpaired) electrons.